The van der Waals surface area contributed by atoms with Crippen molar-refractivity contribution in [1.29, 1.82) is 0 Å². The fourth-order valence-electron chi connectivity index (χ4n) is 1.97. The van der Waals surface area contributed by atoms with Crippen molar-refractivity contribution in [3.05, 3.63) is 51.3 Å². The molecule has 3 rings (SSSR count). The molecule has 0 aliphatic rings. The van der Waals surface area contributed by atoms with Crippen LogP contribution in [0, 0.1) is 13.8 Å². The largest absolute Gasteiger partial charge is 0.331 e. The molecule has 0 radical (unpaired) electrons. The number of imidazole rings is 1. The molecule has 17 heavy (non-hydrogen) atoms. The molecule has 0 aliphatic carbocycles. The molecule has 0 bridgehead atoms. The molecule has 0 unspecified atom stereocenters. The molecular weight excluding hydrogens is 232 g/mol. The fourth-order valence-corrected chi connectivity index (χ4v) is 2.85. The summed E-state index contributed by atoms with van der Waals surface area (Å²) in [5.74, 6) is 0. The molecule has 86 valence electrons. The number of hydrogen-bond acceptors (Lipinski definition) is 2. The Morgan fingerprint density at radius 3 is 2.71 bits per heavy atom. The Kier molecular flexibility index (Phi) is 2.19. The average molecular weight is 244 g/mol. The second-order valence-electron chi connectivity index (χ2n) is 4.17. The first kappa shape index (κ1) is 10.4. The van der Waals surface area contributed by atoms with Crippen LogP contribution in [0.2, 0.25) is 0 Å². The SMILES string of the molecule is Cc1ccc2[nH]c(=O)n(-c3ccc(C)s3)c2c1. The van der Waals surface area contributed by atoms with Crippen molar-refractivity contribution >= 4 is 22.4 Å². The molecule has 3 nitrogen and oxygen atoms in total. The summed E-state index contributed by atoms with van der Waals surface area (Å²) in [6.07, 6.45) is 0. The van der Waals surface area contributed by atoms with Gasteiger partial charge in [0.25, 0.3) is 0 Å². The summed E-state index contributed by atoms with van der Waals surface area (Å²) in [6.45, 7) is 4.07. The number of H-pyrrole nitrogens is 1. The smallest absolute Gasteiger partial charge is 0.305 e. The van der Waals surface area contributed by atoms with Crippen molar-refractivity contribution < 1.29 is 0 Å². The zero-order chi connectivity index (χ0) is 12.0. The summed E-state index contributed by atoms with van der Waals surface area (Å²) >= 11 is 1.62. The minimum Gasteiger partial charge on any atom is -0.305 e. The number of nitrogens with one attached hydrogen (secondary N) is 1. The van der Waals surface area contributed by atoms with Gasteiger partial charge in [0.2, 0.25) is 0 Å². The number of thiophene rings is 1. The monoisotopic (exact) mass is 244 g/mol. The van der Waals surface area contributed by atoms with Gasteiger partial charge in [0.1, 0.15) is 5.00 Å². The number of nitrogens with zero attached hydrogens (tertiary/aromatic N) is 1. The Morgan fingerprint density at radius 2 is 2.00 bits per heavy atom. The summed E-state index contributed by atoms with van der Waals surface area (Å²) < 4.78 is 1.74. The topological polar surface area (TPSA) is 37.8 Å². The van der Waals surface area contributed by atoms with Gasteiger partial charge in [-0.15, -0.1) is 11.3 Å². The lowest BCUT2D eigenvalue weighted by molar-refractivity contribution is 1.04. The number of benzene rings is 1. The molecule has 1 aromatic carbocycles. The third kappa shape index (κ3) is 1.61. The second-order valence-corrected chi connectivity index (χ2v) is 5.44. The molecule has 0 saturated carbocycles. The van der Waals surface area contributed by atoms with Gasteiger partial charge in [0.15, 0.2) is 0 Å². The van der Waals surface area contributed by atoms with Crippen LogP contribution in [0.1, 0.15) is 10.4 Å². The lowest BCUT2D eigenvalue weighted by atomic mass is 10.2. The number of aromatic nitrogens is 2. The van der Waals surface area contributed by atoms with Gasteiger partial charge < -0.3 is 4.98 Å². The van der Waals surface area contributed by atoms with Gasteiger partial charge in [-0.25, -0.2) is 4.79 Å². The van der Waals surface area contributed by atoms with Crippen LogP contribution in [0.5, 0.6) is 0 Å². The number of aromatic amines is 1. The first-order valence-electron chi connectivity index (χ1n) is 5.43. The van der Waals surface area contributed by atoms with Crippen molar-refractivity contribution in [1.82, 2.24) is 9.55 Å². The van der Waals surface area contributed by atoms with Crippen molar-refractivity contribution in [3.8, 4) is 5.00 Å². The number of hydrogen-bond donors (Lipinski definition) is 1. The lowest BCUT2D eigenvalue weighted by Gasteiger charge is -1.99. The van der Waals surface area contributed by atoms with Crippen LogP contribution in [-0.4, -0.2) is 9.55 Å². The average Bonchev–Trinajstić information content (AvgIpc) is 2.81. The zero-order valence-corrected chi connectivity index (χ0v) is 10.5. The molecule has 0 spiro atoms. The molecule has 4 heteroatoms. The summed E-state index contributed by atoms with van der Waals surface area (Å²) in [7, 11) is 0. The van der Waals surface area contributed by atoms with E-state index in [0.29, 0.717) is 0 Å². The Hall–Kier alpha value is -1.81. The van der Waals surface area contributed by atoms with Crippen molar-refractivity contribution in [3.63, 3.8) is 0 Å². The maximum atomic E-state index is 12.0. The molecule has 0 aliphatic heterocycles. The highest BCUT2D eigenvalue weighted by Crippen LogP contribution is 2.22. The molecule has 3 aromatic rings. The predicted molar refractivity (Wildman–Crippen MR) is 71.2 cm³/mol. The molecule has 0 atom stereocenters. The standard InChI is InChI=1S/C13H12N2OS/c1-8-3-5-10-11(7-8)15(13(16)14-10)12-6-4-9(2)17-12/h3-7H,1-2H3,(H,14,16). The highest BCUT2D eigenvalue weighted by atomic mass is 32.1. The highest BCUT2D eigenvalue weighted by Gasteiger charge is 2.09. The van der Waals surface area contributed by atoms with E-state index in [0.717, 1.165) is 21.6 Å². The van der Waals surface area contributed by atoms with Crippen LogP contribution >= 0.6 is 11.3 Å². The van der Waals surface area contributed by atoms with Crippen LogP contribution in [-0.2, 0) is 0 Å². The summed E-state index contributed by atoms with van der Waals surface area (Å²) in [5.41, 5.74) is 2.90. The lowest BCUT2D eigenvalue weighted by Crippen LogP contribution is -2.13. The molecule has 2 heterocycles. The van der Waals surface area contributed by atoms with E-state index < -0.39 is 0 Å². The molecule has 0 fully saturated rings. The van der Waals surface area contributed by atoms with Gasteiger partial charge in [-0.3, -0.25) is 4.57 Å². The first-order chi connectivity index (χ1) is 8.15. The van der Waals surface area contributed by atoms with E-state index in [1.54, 1.807) is 15.9 Å². The van der Waals surface area contributed by atoms with Gasteiger partial charge in [-0.1, -0.05) is 6.07 Å². The van der Waals surface area contributed by atoms with Crippen molar-refractivity contribution in [2.45, 2.75) is 13.8 Å². The van der Waals surface area contributed by atoms with Crippen LogP contribution in [0.25, 0.3) is 16.0 Å². The molecule has 0 amide bonds. The molecule has 0 saturated heterocycles. The summed E-state index contributed by atoms with van der Waals surface area (Å²) in [6, 6.07) is 9.99. The van der Waals surface area contributed by atoms with Crippen LogP contribution < -0.4 is 5.69 Å². The highest BCUT2D eigenvalue weighted by molar-refractivity contribution is 7.14. The zero-order valence-electron chi connectivity index (χ0n) is 9.65. The molecule has 2 aromatic heterocycles. The van der Waals surface area contributed by atoms with Gasteiger partial charge in [0.05, 0.1) is 11.0 Å². The summed E-state index contributed by atoms with van der Waals surface area (Å²) in [5, 5.41) is 0.962. The normalized spacial score (nSPS) is 11.2. The molecule has 1 N–H and O–H groups in total. The Labute approximate surface area is 102 Å². The van der Waals surface area contributed by atoms with E-state index in [2.05, 4.69) is 4.98 Å². The predicted octanol–water partition coefficient (Wildman–Crippen LogP) is 3.00. The number of rotatable bonds is 1. The fraction of sp³-hybridized carbons (Fsp3) is 0.154. The van der Waals surface area contributed by atoms with Gasteiger partial charge in [0, 0.05) is 4.88 Å². The van der Waals surface area contributed by atoms with E-state index >= 15 is 0 Å². The minimum absolute atomic E-state index is 0.0764. The van der Waals surface area contributed by atoms with E-state index in [9.17, 15) is 4.79 Å². The summed E-state index contributed by atoms with van der Waals surface area (Å²) in [4.78, 5) is 16.1. The van der Waals surface area contributed by atoms with E-state index in [1.165, 1.54) is 4.88 Å². The molecular formula is C13H12N2OS. The van der Waals surface area contributed by atoms with Gasteiger partial charge in [-0.05, 0) is 43.7 Å². The maximum absolute atomic E-state index is 12.0. The number of aryl methyl sites for hydroxylation is 2. The van der Waals surface area contributed by atoms with Gasteiger partial charge in [-0.2, -0.15) is 0 Å². The quantitative estimate of drug-likeness (QED) is 0.702. The van der Waals surface area contributed by atoms with Gasteiger partial charge >= 0.3 is 5.69 Å². The van der Waals surface area contributed by atoms with E-state index in [-0.39, 0.29) is 5.69 Å². The van der Waals surface area contributed by atoms with Crippen LogP contribution in [0.15, 0.2) is 35.1 Å². The minimum atomic E-state index is -0.0764. The van der Waals surface area contributed by atoms with Crippen LogP contribution in [0.4, 0.5) is 0 Å². The number of fused-ring (bicyclic) bond motifs is 1. The third-order valence-electron chi connectivity index (χ3n) is 2.79. The second kappa shape index (κ2) is 3.60. The maximum Gasteiger partial charge on any atom is 0.331 e. The first-order valence-corrected chi connectivity index (χ1v) is 6.25. The Bertz CT molecular complexity index is 748. The van der Waals surface area contributed by atoms with Crippen LogP contribution in [0.3, 0.4) is 0 Å². The van der Waals surface area contributed by atoms with E-state index in [4.69, 9.17) is 0 Å². The van der Waals surface area contributed by atoms with Crippen molar-refractivity contribution in [2.24, 2.45) is 0 Å². The Balaban J connectivity index is 2.39. The van der Waals surface area contributed by atoms with Crippen molar-refractivity contribution in [2.75, 3.05) is 0 Å². The third-order valence-corrected chi connectivity index (χ3v) is 3.77. The van der Waals surface area contributed by atoms with E-state index in [1.807, 2.05) is 44.2 Å². The Morgan fingerprint density at radius 1 is 1.18 bits per heavy atom.